The van der Waals surface area contributed by atoms with Crippen molar-refractivity contribution in [2.45, 2.75) is 39.3 Å². The van der Waals surface area contributed by atoms with Crippen LogP contribution in [0.15, 0.2) is 0 Å². The van der Waals surface area contributed by atoms with E-state index in [4.69, 9.17) is 5.73 Å². The van der Waals surface area contributed by atoms with E-state index in [-0.39, 0.29) is 18.0 Å². The molecule has 1 unspecified atom stereocenters. The van der Waals surface area contributed by atoms with Crippen LogP contribution in [0.1, 0.15) is 27.7 Å². The molecular weight excluding hydrogens is 182 g/mol. The zero-order chi connectivity index (χ0) is 11.4. The third kappa shape index (κ3) is 6.42. The molecule has 0 rings (SSSR count). The van der Waals surface area contributed by atoms with Crippen molar-refractivity contribution >= 4 is 11.8 Å². The molecule has 0 aliphatic heterocycles. The number of carbonyl (C=O) groups is 2. The molecule has 0 spiro atoms. The fraction of sp³-hybridized carbons (Fsp3) is 0.778. The molecule has 0 aliphatic rings. The van der Waals surface area contributed by atoms with Crippen LogP contribution < -0.4 is 16.4 Å². The maximum absolute atomic E-state index is 11.3. The van der Waals surface area contributed by atoms with Crippen molar-refractivity contribution in [3.63, 3.8) is 0 Å². The van der Waals surface area contributed by atoms with E-state index >= 15 is 0 Å². The van der Waals surface area contributed by atoms with Crippen LogP contribution in [-0.2, 0) is 9.59 Å². The predicted octanol–water partition coefficient (Wildman–Crippen LogP) is -0.635. The van der Waals surface area contributed by atoms with Crippen LogP contribution in [0, 0.1) is 0 Å². The minimum atomic E-state index is -0.485. The maximum Gasteiger partial charge on any atom is 0.234 e. The smallest absolute Gasteiger partial charge is 0.234 e. The van der Waals surface area contributed by atoms with Gasteiger partial charge in [0.05, 0.1) is 12.6 Å². The third-order valence-electron chi connectivity index (χ3n) is 1.51. The van der Waals surface area contributed by atoms with Crippen molar-refractivity contribution in [1.82, 2.24) is 10.6 Å². The number of nitrogens with one attached hydrogen (secondary N) is 2. The number of carbonyl (C=O) groups excluding carboxylic acids is 2. The second kappa shape index (κ2) is 4.95. The van der Waals surface area contributed by atoms with Gasteiger partial charge in [-0.15, -0.1) is 0 Å². The first-order chi connectivity index (χ1) is 6.22. The Labute approximate surface area is 84.4 Å². The molecular formula is C9H19N3O2. The number of nitrogens with two attached hydrogens (primary N) is 1. The highest BCUT2D eigenvalue weighted by molar-refractivity contribution is 5.82. The molecule has 0 saturated carbocycles. The van der Waals surface area contributed by atoms with Crippen LogP contribution >= 0.6 is 0 Å². The predicted molar refractivity (Wildman–Crippen MR) is 54.6 cm³/mol. The molecule has 0 heterocycles. The Kier molecular flexibility index (Phi) is 4.56. The molecule has 0 aromatic rings. The van der Waals surface area contributed by atoms with Crippen molar-refractivity contribution < 1.29 is 9.59 Å². The standard InChI is InChI=1S/C9H19N3O2/c1-6(8(10)14)11-5-7(13)12-9(2,3)4/h6,11H,5H2,1-4H3,(H2,10,14)(H,12,13). The zero-order valence-corrected chi connectivity index (χ0v) is 9.18. The van der Waals surface area contributed by atoms with E-state index in [0.717, 1.165) is 0 Å². The molecule has 1 atom stereocenters. The molecule has 82 valence electrons. The van der Waals surface area contributed by atoms with E-state index in [1.54, 1.807) is 6.92 Å². The van der Waals surface area contributed by atoms with Crippen LogP contribution in [0.25, 0.3) is 0 Å². The lowest BCUT2D eigenvalue weighted by atomic mass is 10.1. The van der Waals surface area contributed by atoms with E-state index in [1.807, 2.05) is 20.8 Å². The van der Waals surface area contributed by atoms with Gasteiger partial charge in [0.25, 0.3) is 0 Å². The topological polar surface area (TPSA) is 84.2 Å². The lowest BCUT2D eigenvalue weighted by molar-refractivity contribution is -0.122. The van der Waals surface area contributed by atoms with Crippen LogP contribution in [0.3, 0.4) is 0 Å². The first-order valence-corrected chi connectivity index (χ1v) is 4.56. The summed E-state index contributed by atoms with van der Waals surface area (Å²) < 4.78 is 0. The molecule has 0 aliphatic carbocycles. The van der Waals surface area contributed by atoms with Gasteiger partial charge in [-0.05, 0) is 27.7 Å². The van der Waals surface area contributed by atoms with Crippen molar-refractivity contribution in [3.05, 3.63) is 0 Å². The SMILES string of the molecule is CC(NCC(=O)NC(C)(C)C)C(N)=O. The van der Waals surface area contributed by atoms with Crippen molar-refractivity contribution in [2.24, 2.45) is 5.73 Å². The molecule has 0 fully saturated rings. The molecule has 0 saturated heterocycles. The number of amides is 2. The van der Waals surface area contributed by atoms with Crippen LogP contribution in [0.2, 0.25) is 0 Å². The molecule has 4 N–H and O–H groups in total. The fourth-order valence-corrected chi connectivity index (χ4v) is 0.809. The Bertz CT molecular complexity index is 221. The summed E-state index contributed by atoms with van der Waals surface area (Å²) in [7, 11) is 0. The van der Waals surface area contributed by atoms with Gasteiger partial charge in [0, 0.05) is 5.54 Å². The summed E-state index contributed by atoms with van der Waals surface area (Å²) in [6.45, 7) is 7.39. The molecule has 5 heteroatoms. The average Bonchev–Trinajstić information content (AvgIpc) is 1.96. The first kappa shape index (κ1) is 12.9. The van der Waals surface area contributed by atoms with Crippen LogP contribution in [0.4, 0.5) is 0 Å². The Morgan fingerprint density at radius 2 is 1.86 bits per heavy atom. The highest BCUT2D eigenvalue weighted by Crippen LogP contribution is 1.97. The first-order valence-electron chi connectivity index (χ1n) is 4.56. The summed E-state index contributed by atoms with van der Waals surface area (Å²) in [5, 5.41) is 5.48. The van der Waals surface area contributed by atoms with E-state index < -0.39 is 11.9 Å². The number of rotatable bonds is 4. The fourth-order valence-electron chi connectivity index (χ4n) is 0.809. The normalized spacial score (nSPS) is 13.4. The van der Waals surface area contributed by atoms with Gasteiger partial charge in [0.15, 0.2) is 0 Å². The van der Waals surface area contributed by atoms with Crippen LogP contribution in [-0.4, -0.2) is 29.9 Å². The van der Waals surface area contributed by atoms with Crippen molar-refractivity contribution in [2.75, 3.05) is 6.54 Å². The van der Waals surface area contributed by atoms with E-state index in [0.29, 0.717) is 0 Å². The van der Waals surface area contributed by atoms with Gasteiger partial charge in [-0.2, -0.15) is 0 Å². The summed E-state index contributed by atoms with van der Waals surface area (Å²) in [5.41, 5.74) is 4.76. The van der Waals surface area contributed by atoms with Gasteiger partial charge >= 0.3 is 0 Å². The zero-order valence-electron chi connectivity index (χ0n) is 9.18. The second-order valence-corrected chi connectivity index (χ2v) is 4.30. The number of hydrogen-bond acceptors (Lipinski definition) is 3. The van der Waals surface area contributed by atoms with E-state index in [1.165, 1.54) is 0 Å². The molecule has 2 amide bonds. The van der Waals surface area contributed by atoms with Gasteiger partial charge in [-0.1, -0.05) is 0 Å². The van der Waals surface area contributed by atoms with Crippen molar-refractivity contribution in [1.29, 1.82) is 0 Å². The minimum absolute atomic E-state index is 0.0986. The summed E-state index contributed by atoms with van der Waals surface area (Å²) in [6, 6.07) is -0.485. The van der Waals surface area contributed by atoms with Gasteiger partial charge < -0.3 is 11.1 Å². The van der Waals surface area contributed by atoms with Crippen molar-refractivity contribution in [3.8, 4) is 0 Å². The largest absolute Gasteiger partial charge is 0.368 e. The van der Waals surface area contributed by atoms with Gasteiger partial charge in [-0.3, -0.25) is 14.9 Å². The molecule has 0 aromatic carbocycles. The number of hydrogen-bond donors (Lipinski definition) is 3. The van der Waals surface area contributed by atoms with Gasteiger partial charge in [0.1, 0.15) is 0 Å². The average molecular weight is 201 g/mol. The quantitative estimate of drug-likeness (QED) is 0.566. The lowest BCUT2D eigenvalue weighted by Gasteiger charge is -2.21. The Hall–Kier alpha value is -1.10. The molecule has 5 nitrogen and oxygen atoms in total. The Morgan fingerprint density at radius 3 is 2.21 bits per heavy atom. The van der Waals surface area contributed by atoms with E-state index in [9.17, 15) is 9.59 Å². The Balaban J connectivity index is 3.81. The highest BCUT2D eigenvalue weighted by Gasteiger charge is 2.15. The Morgan fingerprint density at radius 1 is 1.36 bits per heavy atom. The molecule has 0 bridgehead atoms. The summed E-state index contributed by atoms with van der Waals surface area (Å²) in [5.74, 6) is -0.612. The van der Waals surface area contributed by atoms with Gasteiger partial charge in [0.2, 0.25) is 11.8 Å². The molecule has 0 aromatic heterocycles. The maximum atomic E-state index is 11.3. The summed E-state index contributed by atoms with van der Waals surface area (Å²) in [6.07, 6.45) is 0. The highest BCUT2D eigenvalue weighted by atomic mass is 16.2. The monoisotopic (exact) mass is 201 g/mol. The second-order valence-electron chi connectivity index (χ2n) is 4.30. The van der Waals surface area contributed by atoms with E-state index in [2.05, 4.69) is 10.6 Å². The summed E-state index contributed by atoms with van der Waals surface area (Å²) in [4.78, 5) is 21.9. The molecule has 0 radical (unpaired) electrons. The summed E-state index contributed by atoms with van der Waals surface area (Å²) >= 11 is 0. The van der Waals surface area contributed by atoms with Gasteiger partial charge in [-0.25, -0.2) is 0 Å². The number of primary amides is 1. The molecule has 14 heavy (non-hydrogen) atoms. The van der Waals surface area contributed by atoms with Crippen LogP contribution in [0.5, 0.6) is 0 Å². The lowest BCUT2D eigenvalue weighted by Crippen LogP contribution is -2.48. The third-order valence-corrected chi connectivity index (χ3v) is 1.51. The minimum Gasteiger partial charge on any atom is -0.368 e.